The van der Waals surface area contributed by atoms with Gasteiger partial charge in [-0.25, -0.2) is 0 Å². The molecule has 1 aromatic carbocycles. The molecule has 0 aliphatic heterocycles. The zero-order valence-electron chi connectivity index (χ0n) is 9.14. The number of rotatable bonds is 4. The number of thiazole rings is 1. The molecule has 5 heteroatoms. The summed E-state index contributed by atoms with van der Waals surface area (Å²) >= 11 is 4.83. The summed E-state index contributed by atoms with van der Waals surface area (Å²) in [4.78, 5) is 17.0. The van der Waals surface area contributed by atoms with E-state index in [0.29, 0.717) is 17.7 Å². The molecule has 0 saturated carbocycles. The third-order valence-corrected chi connectivity index (χ3v) is 3.56. The predicted molar refractivity (Wildman–Crippen MR) is 70.8 cm³/mol. The molecule has 0 amide bonds. The van der Waals surface area contributed by atoms with Gasteiger partial charge in [0.25, 0.3) is 0 Å². The van der Waals surface area contributed by atoms with Crippen molar-refractivity contribution >= 4 is 33.0 Å². The summed E-state index contributed by atoms with van der Waals surface area (Å²) in [5, 5.41) is 0. The normalized spacial score (nSPS) is 10.2. The van der Waals surface area contributed by atoms with Gasteiger partial charge in [0, 0.05) is 22.0 Å². The average molecular weight is 312 g/mol. The van der Waals surface area contributed by atoms with Crippen LogP contribution in [0.2, 0.25) is 0 Å². The third kappa shape index (κ3) is 2.92. The van der Waals surface area contributed by atoms with E-state index >= 15 is 0 Å². The molecule has 88 valence electrons. The monoisotopic (exact) mass is 311 g/mol. The smallest absolute Gasteiger partial charge is 0.171 e. The Morgan fingerprint density at radius 1 is 1.53 bits per heavy atom. The number of nitrogens with zero attached hydrogens (tertiary/aromatic N) is 1. The Morgan fingerprint density at radius 2 is 2.35 bits per heavy atom. The number of aromatic nitrogens is 1. The van der Waals surface area contributed by atoms with Crippen molar-refractivity contribution in [2.24, 2.45) is 0 Å². The molecule has 0 radical (unpaired) electrons. The van der Waals surface area contributed by atoms with Crippen molar-refractivity contribution in [1.82, 2.24) is 4.98 Å². The van der Waals surface area contributed by atoms with Gasteiger partial charge >= 0.3 is 0 Å². The van der Waals surface area contributed by atoms with Crippen LogP contribution in [0.4, 0.5) is 0 Å². The van der Waals surface area contributed by atoms with E-state index in [1.165, 1.54) is 11.3 Å². The van der Waals surface area contributed by atoms with Gasteiger partial charge in [0.05, 0.1) is 18.2 Å². The number of ketones is 1. The van der Waals surface area contributed by atoms with Crippen LogP contribution >= 0.6 is 27.3 Å². The van der Waals surface area contributed by atoms with Crippen molar-refractivity contribution in [2.45, 2.75) is 6.42 Å². The number of Topliss-reactive ketones (excluding diaryl/α,β-unsaturated/α-hetero) is 1. The van der Waals surface area contributed by atoms with Crippen molar-refractivity contribution in [3.63, 3.8) is 0 Å². The second-order valence-corrected chi connectivity index (χ2v) is 5.30. The highest BCUT2D eigenvalue weighted by Gasteiger charge is 2.13. The standard InChI is InChI=1S/C12H10BrNO2S/c1-16-12-4-8(13)2-3-10(12)11(15)5-9-6-14-7-17-9/h2-4,6-7H,5H2,1H3. The maximum atomic E-state index is 12.1. The molecule has 17 heavy (non-hydrogen) atoms. The molecule has 3 nitrogen and oxygen atoms in total. The number of hydrogen-bond acceptors (Lipinski definition) is 4. The van der Waals surface area contributed by atoms with Gasteiger partial charge in [-0.2, -0.15) is 0 Å². The highest BCUT2D eigenvalue weighted by atomic mass is 79.9. The molecular weight excluding hydrogens is 302 g/mol. The van der Waals surface area contributed by atoms with E-state index in [1.54, 1.807) is 30.9 Å². The van der Waals surface area contributed by atoms with E-state index in [4.69, 9.17) is 4.74 Å². The molecule has 2 rings (SSSR count). The number of methoxy groups -OCH3 is 1. The minimum atomic E-state index is 0.0404. The first-order valence-corrected chi connectivity index (χ1v) is 6.62. The largest absolute Gasteiger partial charge is 0.496 e. The van der Waals surface area contributed by atoms with Crippen molar-refractivity contribution < 1.29 is 9.53 Å². The molecule has 0 N–H and O–H groups in total. The van der Waals surface area contributed by atoms with Gasteiger partial charge in [0.15, 0.2) is 5.78 Å². The van der Waals surface area contributed by atoms with Gasteiger partial charge in [0.2, 0.25) is 0 Å². The Balaban J connectivity index is 2.24. The maximum Gasteiger partial charge on any atom is 0.171 e. The summed E-state index contributed by atoms with van der Waals surface area (Å²) < 4.78 is 6.10. The molecule has 0 bridgehead atoms. The lowest BCUT2D eigenvalue weighted by Gasteiger charge is -2.07. The van der Waals surface area contributed by atoms with Crippen LogP contribution < -0.4 is 4.74 Å². The number of benzene rings is 1. The molecule has 0 spiro atoms. The van der Waals surface area contributed by atoms with Gasteiger partial charge in [-0.15, -0.1) is 11.3 Å². The predicted octanol–water partition coefficient (Wildman–Crippen LogP) is 3.34. The SMILES string of the molecule is COc1cc(Br)ccc1C(=O)Cc1cncs1. The Labute approximate surface area is 112 Å². The lowest BCUT2D eigenvalue weighted by molar-refractivity contribution is 0.0991. The highest BCUT2D eigenvalue weighted by Crippen LogP contribution is 2.25. The van der Waals surface area contributed by atoms with Crippen molar-refractivity contribution in [1.29, 1.82) is 0 Å². The number of carbonyl (C=O) groups excluding carboxylic acids is 1. The van der Waals surface area contributed by atoms with Crippen molar-refractivity contribution in [3.8, 4) is 5.75 Å². The maximum absolute atomic E-state index is 12.1. The third-order valence-electron chi connectivity index (χ3n) is 2.28. The summed E-state index contributed by atoms with van der Waals surface area (Å²) in [6.07, 6.45) is 2.08. The van der Waals surface area contributed by atoms with Crippen LogP contribution in [-0.4, -0.2) is 17.9 Å². The molecule has 1 heterocycles. The summed E-state index contributed by atoms with van der Waals surface area (Å²) in [6.45, 7) is 0. The highest BCUT2D eigenvalue weighted by molar-refractivity contribution is 9.10. The van der Waals surface area contributed by atoms with Crippen molar-refractivity contribution in [3.05, 3.63) is 44.8 Å². The Hall–Kier alpha value is -1.20. The molecule has 0 saturated heterocycles. The van der Waals surface area contributed by atoms with E-state index in [2.05, 4.69) is 20.9 Å². The molecule has 0 aliphatic rings. The molecule has 0 fully saturated rings. The zero-order valence-corrected chi connectivity index (χ0v) is 11.5. The molecule has 0 aliphatic carbocycles. The zero-order chi connectivity index (χ0) is 12.3. The van der Waals surface area contributed by atoms with E-state index < -0.39 is 0 Å². The quantitative estimate of drug-likeness (QED) is 0.813. The van der Waals surface area contributed by atoms with Crippen LogP contribution in [0.15, 0.2) is 34.4 Å². The Morgan fingerprint density at radius 3 is 3.00 bits per heavy atom. The second kappa shape index (κ2) is 5.42. The van der Waals surface area contributed by atoms with E-state index in [1.807, 2.05) is 6.07 Å². The number of ether oxygens (including phenoxy) is 1. The van der Waals surface area contributed by atoms with Crippen LogP contribution in [0.3, 0.4) is 0 Å². The summed E-state index contributed by atoms with van der Waals surface area (Å²) in [7, 11) is 1.56. The molecule has 0 atom stereocenters. The lowest BCUT2D eigenvalue weighted by atomic mass is 10.1. The van der Waals surface area contributed by atoms with Gasteiger partial charge in [-0.1, -0.05) is 15.9 Å². The molecule has 1 aromatic heterocycles. The van der Waals surface area contributed by atoms with E-state index in [0.717, 1.165) is 9.35 Å². The Kier molecular flexibility index (Phi) is 3.91. The van der Waals surface area contributed by atoms with Crippen LogP contribution in [0.5, 0.6) is 5.75 Å². The van der Waals surface area contributed by atoms with Gasteiger partial charge < -0.3 is 4.74 Å². The fourth-order valence-electron chi connectivity index (χ4n) is 1.48. The van der Waals surface area contributed by atoms with Crippen LogP contribution in [0.25, 0.3) is 0 Å². The summed E-state index contributed by atoms with van der Waals surface area (Å²) in [5.74, 6) is 0.632. The minimum Gasteiger partial charge on any atom is -0.496 e. The minimum absolute atomic E-state index is 0.0404. The molecule has 2 aromatic rings. The number of carbonyl (C=O) groups is 1. The fraction of sp³-hybridized carbons (Fsp3) is 0.167. The first-order valence-electron chi connectivity index (χ1n) is 4.95. The number of hydrogen-bond donors (Lipinski definition) is 0. The van der Waals surface area contributed by atoms with E-state index in [9.17, 15) is 4.79 Å². The Bertz CT molecular complexity index is 525. The van der Waals surface area contributed by atoms with Gasteiger partial charge in [-0.3, -0.25) is 9.78 Å². The van der Waals surface area contributed by atoms with Gasteiger partial charge in [0.1, 0.15) is 5.75 Å². The number of halogens is 1. The molecular formula is C12H10BrNO2S. The topological polar surface area (TPSA) is 39.2 Å². The van der Waals surface area contributed by atoms with Crippen LogP contribution in [0, 0.1) is 0 Å². The van der Waals surface area contributed by atoms with Crippen LogP contribution in [0.1, 0.15) is 15.2 Å². The summed E-state index contributed by atoms with van der Waals surface area (Å²) in [6, 6.07) is 5.40. The average Bonchev–Trinajstić information content (AvgIpc) is 2.81. The lowest BCUT2D eigenvalue weighted by Crippen LogP contribution is -2.04. The fourth-order valence-corrected chi connectivity index (χ4v) is 2.41. The molecule has 0 unspecified atom stereocenters. The first kappa shape index (κ1) is 12.3. The van der Waals surface area contributed by atoms with Crippen LogP contribution in [-0.2, 0) is 6.42 Å². The van der Waals surface area contributed by atoms with E-state index in [-0.39, 0.29) is 5.78 Å². The first-order chi connectivity index (χ1) is 8.20. The van der Waals surface area contributed by atoms with Crippen molar-refractivity contribution in [2.75, 3.05) is 7.11 Å². The summed E-state index contributed by atoms with van der Waals surface area (Å²) in [5.41, 5.74) is 2.32. The second-order valence-electron chi connectivity index (χ2n) is 3.41. The van der Waals surface area contributed by atoms with Gasteiger partial charge in [-0.05, 0) is 18.2 Å².